The van der Waals surface area contributed by atoms with E-state index >= 15 is 0 Å². The summed E-state index contributed by atoms with van der Waals surface area (Å²) < 4.78 is 5.50. The van der Waals surface area contributed by atoms with Crippen LogP contribution in [0.4, 0.5) is 0 Å². The number of hydrogen-bond donors (Lipinski definition) is 1. The summed E-state index contributed by atoms with van der Waals surface area (Å²) in [6.07, 6.45) is 0. The maximum absolute atomic E-state index is 11.9. The number of halogens is 1. The fourth-order valence-corrected chi connectivity index (χ4v) is 2.81. The topological polar surface area (TPSA) is 68.3 Å². The van der Waals surface area contributed by atoms with Crippen molar-refractivity contribution in [2.45, 2.75) is 20.8 Å². The van der Waals surface area contributed by atoms with Gasteiger partial charge in [0.2, 0.25) is 0 Å². The van der Waals surface area contributed by atoms with Crippen LogP contribution in [0.15, 0.2) is 18.2 Å². The summed E-state index contributed by atoms with van der Waals surface area (Å²) >= 11 is 6.31. The number of ketones is 1. The van der Waals surface area contributed by atoms with Gasteiger partial charge in [-0.2, -0.15) is 0 Å². The van der Waals surface area contributed by atoms with Gasteiger partial charge in [0, 0.05) is 28.9 Å². The standard InChI is InChI=1S/C18H19ClN2O3/c1-9-14(19)8-13(11(3)22)17(24-5)16(9)12-6-7-15(18(23)20-4)21-10(12)2/h6-8H,1-5H3,(H,20,23). The van der Waals surface area contributed by atoms with Gasteiger partial charge in [-0.05, 0) is 38.5 Å². The molecule has 24 heavy (non-hydrogen) atoms. The molecule has 0 fully saturated rings. The van der Waals surface area contributed by atoms with Gasteiger partial charge in [-0.1, -0.05) is 17.7 Å². The van der Waals surface area contributed by atoms with Crippen LogP contribution in [0.5, 0.6) is 5.75 Å². The van der Waals surface area contributed by atoms with Crippen molar-refractivity contribution < 1.29 is 14.3 Å². The number of carbonyl (C=O) groups excluding carboxylic acids is 2. The van der Waals surface area contributed by atoms with Gasteiger partial charge in [-0.25, -0.2) is 4.98 Å². The second kappa shape index (κ2) is 7.01. The Labute approximate surface area is 146 Å². The Hall–Kier alpha value is -2.40. The molecular formula is C18H19ClN2O3. The quantitative estimate of drug-likeness (QED) is 0.859. The molecule has 1 aromatic heterocycles. The molecule has 0 saturated carbocycles. The van der Waals surface area contributed by atoms with Crippen LogP contribution in [0.2, 0.25) is 5.02 Å². The molecule has 0 spiro atoms. The third-order valence-electron chi connectivity index (χ3n) is 3.87. The first-order valence-electron chi connectivity index (χ1n) is 7.39. The summed E-state index contributed by atoms with van der Waals surface area (Å²) in [4.78, 5) is 28.0. The zero-order valence-corrected chi connectivity index (χ0v) is 15.0. The van der Waals surface area contributed by atoms with E-state index in [1.54, 1.807) is 32.2 Å². The molecule has 1 aromatic carbocycles. The third-order valence-corrected chi connectivity index (χ3v) is 4.27. The van der Waals surface area contributed by atoms with Gasteiger partial charge in [0.1, 0.15) is 11.4 Å². The number of aryl methyl sites for hydroxylation is 1. The lowest BCUT2D eigenvalue weighted by Crippen LogP contribution is -2.19. The van der Waals surface area contributed by atoms with Crippen molar-refractivity contribution in [3.63, 3.8) is 0 Å². The van der Waals surface area contributed by atoms with Crippen molar-refractivity contribution >= 4 is 23.3 Å². The molecule has 0 aliphatic carbocycles. The summed E-state index contributed by atoms with van der Waals surface area (Å²) in [5.41, 5.74) is 3.65. The van der Waals surface area contributed by atoms with Crippen molar-refractivity contribution in [1.29, 1.82) is 0 Å². The van der Waals surface area contributed by atoms with E-state index in [0.29, 0.717) is 33.3 Å². The van der Waals surface area contributed by atoms with Gasteiger partial charge in [-0.3, -0.25) is 9.59 Å². The van der Waals surface area contributed by atoms with Crippen molar-refractivity contribution in [3.05, 3.63) is 45.7 Å². The summed E-state index contributed by atoms with van der Waals surface area (Å²) in [7, 11) is 3.07. The number of benzene rings is 1. The van der Waals surface area contributed by atoms with Gasteiger partial charge in [-0.15, -0.1) is 0 Å². The largest absolute Gasteiger partial charge is 0.495 e. The maximum Gasteiger partial charge on any atom is 0.269 e. The average Bonchev–Trinajstić information content (AvgIpc) is 2.56. The third kappa shape index (κ3) is 3.12. The Morgan fingerprint density at radius 3 is 2.42 bits per heavy atom. The molecule has 0 atom stereocenters. The molecule has 2 rings (SSSR count). The molecule has 0 unspecified atom stereocenters. The Bertz CT molecular complexity index is 831. The van der Waals surface area contributed by atoms with Crippen LogP contribution in [0.25, 0.3) is 11.1 Å². The van der Waals surface area contributed by atoms with Crippen LogP contribution < -0.4 is 10.1 Å². The van der Waals surface area contributed by atoms with E-state index in [4.69, 9.17) is 16.3 Å². The number of Topliss-reactive ketones (excluding diaryl/α,β-unsaturated/α-hetero) is 1. The van der Waals surface area contributed by atoms with Crippen LogP contribution in [-0.4, -0.2) is 30.8 Å². The lowest BCUT2D eigenvalue weighted by atomic mass is 9.94. The molecule has 0 aliphatic heterocycles. The van der Waals surface area contributed by atoms with Gasteiger partial charge >= 0.3 is 0 Å². The van der Waals surface area contributed by atoms with E-state index in [1.807, 2.05) is 6.92 Å². The number of aromatic nitrogens is 1. The summed E-state index contributed by atoms with van der Waals surface area (Å²) in [6, 6.07) is 5.04. The average molecular weight is 347 g/mol. The van der Waals surface area contributed by atoms with Gasteiger partial charge in [0.05, 0.1) is 12.7 Å². The maximum atomic E-state index is 11.9. The molecule has 0 bridgehead atoms. The van der Waals surface area contributed by atoms with E-state index < -0.39 is 0 Å². The lowest BCUT2D eigenvalue weighted by molar-refractivity contribution is 0.0957. The van der Waals surface area contributed by atoms with E-state index in [9.17, 15) is 9.59 Å². The zero-order valence-electron chi connectivity index (χ0n) is 14.3. The number of hydrogen-bond acceptors (Lipinski definition) is 4. The molecule has 6 heteroatoms. The van der Waals surface area contributed by atoms with E-state index in [1.165, 1.54) is 14.0 Å². The van der Waals surface area contributed by atoms with E-state index in [2.05, 4.69) is 10.3 Å². The minimum atomic E-state index is -0.260. The highest BCUT2D eigenvalue weighted by Crippen LogP contribution is 2.41. The number of nitrogens with zero attached hydrogens (tertiary/aromatic N) is 1. The fraction of sp³-hybridized carbons (Fsp3) is 0.278. The first kappa shape index (κ1) is 17.9. The Morgan fingerprint density at radius 1 is 1.25 bits per heavy atom. The highest BCUT2D eigenvalue weighted by molar-refractivity contribution is 6.32. The molecule has 1 N–H and O–H groups in total. The lowest BCUT2D eigenvalue weighted by Gasteiger charge is -2.18. The van der Waals surface area contributed by atoms with Crippen LogP contribution >= 0.6 is 11.6 Å². The number of rotatable bonds is 4. The summed E-state index contributed by atoms with van der Waals surface area (Å²) in [5.74, 6) is 0.0634. The van der Waals surface area contributed by atoms with E-state index in [0.717, 1.165) is 11.1 Å². The van der Waals surface area contributed by atoms with Crippen molar-refractivity contribution in [2.75, 3.05) is 14.2 Å². The number of nitrogens with one attached hydrogen (secondary N) is 1. The molecular weight excluding hydrogens is 328 g/mol. The highest BCUT2D eigenvalue weighted by atomic mass is 35.5. The van der Waals surface area contributed by atoms with Crippen LogP contribution in [-0.2, 0) is 0 Å². The van der Waals surface area contributed by atoms with Crippen molar-refractivity contribution in [1.82, 2.24) is 10.3 Å². The van der Waals surface area contributed by atoms with Crippen LogP contribution in [0.3, 0.4) is 0 Å². The Kier molecular flexibility index (Phi) is 5.24. The van der Waals surface area contributed by atoms with Crippen molar-refractivity contribution in [3.8, 4) is 16.9 Å². The number of methoxy groups -OCH3 is 1. The fourth-order valence-electron chi connectivity index (χ4n) is 2.60. The molecule has 0 radical (unpaired) electrons. The highest BCUT2D eigenvalue weighted by Gasteiger charge is 2.21. The number of pyridine rings is 1. The van der Waals surface area contributed by atoms with Gasteiger partial charge in [0.15, 0.2) is 5.78 Å². The van der Waals surface area contributed by atoms with Crippen LogP contribution in [0.1, 0.15) is 39.0 Å². The van der Waals surface area contributed by atoms with Gasteiger partial charge < -0.3 is 10.1 Å². The molecule has 126 valence electrons. The monoisotopic (exact) mass is 346 g/mol. The van der Waals surface area contributed by atoms with Crippen molar-refractivity contribution in [2.24, 2.45) is 0 Å². The molecule has 0 aliphatic rings. The number of amides is 1. The summed E-state index contributed by atoms with van der Waals surface area (Å²) in [5, 5.41) is 3.02. The molecule has 2 aromatic rings. The minimum Gasteiger partial charge on any atom is -0.495 e. The number of carbonyl (C=O) groups is 2. The smallest absolute Gasteiger partial charge is 0.269 e. The zero-order chi connectivity index (χ0) is 18.0. The first-order valence-corrected chi connectivity index (χ1v) is 7.77. The molecule has 5 nitrogen and oxygen atoms in total. The Morgan fingerprint density at radius 2 is 1.92 bits per heavy atom. The first-order chi connectivity index (χ1) is 11.3. The summed E-state index contributed by atoms with van der Waals surface area (Å²) in [6.45, 7) is 5.12. The minimum absolute atomic E-state index is 0.136. The van der Waals surface area contributed by atoms with Gasteiger partial charge in [0.25, 0.3) is 5.91 Å². The second-order valence-corrected chi connectivity index (χ2v) is 5.81. The molecule has 1 heterocycles. The van der Waals surface area contributed by atoms with E-state index in [-0.39, 0.29) is 11.7 Å². The Balaban J connectivity index is 2.77. The molecule has 0 saturated heterocycles. The number of ether oxygens (including phenoxy) is 1. The SMILES string of the molecule is CNC(=O)c1ccc(-c2c(C)c(Cl)cc(C(C)=O)c2OC)c(C)n1. The predicted octanol–water partition coefficient (Wildman–Crippen LogP) is 3.59. The molecule has 1 amide bonds. The predicted molar refractivity (Wildman–Crippen MR) is 94.1 cm³/mol. The van der Waals surface area contributed by atoms with Crippen LogP contribution in [0, 0.1) is 13.8 Å². The normalized spacial score (nSPS) is 10.4. The second-order valence-electron chi connectivity index (χ2n) is 5.40.